The minimum atomic E-state index is 0.103. The SMILES string of the molecule is CCNc1nc(C2(c3ccccc3)CC2)ns1. The van der Waals surface area contributed by atoms with Crippen molar-refractivity contribution >= 4 is 16.7 Å². The van der Waals surface area contributed by atoms with Crippen molar-refractivity contribution in [3.05, 3.63) is 41.7 Å². The number of benzene rings is 1. The van der Waals surface area contributed by atoms with Crippen LogP contribution in [0.1, 0.15) is 31.2 Å². The van der Waals surface area contributed by atoms with Gasteiger partial charge in [0, 0.05) is 18.1 Å². The van der Waals surface area contributed by atoms with Crippen LogP contribution < -0.4 is 5.32 Å². The van der Waals surface area contributed by atoms with Crippen LogP contribution >= 0.6 is 11.5 Å². The first-order valence-corrected chi connectivity index (χ1v) is 6.76. The number of hydrogen-bond donors (Lipinski definition) is 1. The van der Waals surface area contributed by atoms with Gasteiger partial charge in [-0.1, -0.05) is 30.3 Å². The maximum absolute atomic E-state index is 4.61. The Kier molecular flexibility index (Phi) is 2.59. The molecule has 3 rings (SSSR count). The first-order chi connectivity index (χ1) is 8.35. The summed E-state index contributed by atoms with van der Waals surface area (Å²) in [6, 6.07) is 10.6. The summed E-state index contributed by atoms with van der Waals surface area (Å²) in [5.74, 6) is 0.990. The molecule has 1 saturated carbocycles. The molecule has 1 N–H and O–H groups in total. The van der Waals surface area contributed by atoms with Crippen LogP contribution in [-0.2, 0) is 5.41 Å². The lowest BCUT2D eigenvalue weighted by Gasteiger charge is -2.10. The third-order valence-corrected chi connectivity index (χ3v) is 3.93. The smallest absolute Gasteiger partial charge is 0.202 e. The van der Waals surface area contributed by atoms with Crippen LogP contribution in [0.5, 0.6) is 0 Å². The molecule has 4 heteroatoms. The second kappa shape index (κ2) is 4.11. The third kappa shape index (κ3) is 1.82. The molecule has 17 heavy (non-hydrogen) atoms. The van der Waals surface area contributed by atoms with Crippen molar-refractivity contribution in [3.8, 4) is 0 Å². The molecule has 1 aromatic heterocycles. The number of hydrogen-bond acceptors (Lipinski definition) is 4. The average molecular weight is 245 g/mol. The van der Waals surface area contributed by atoms with E-state index in [2.05, 4.69) is 51.9 Å². The zero-order chi connectivity index (χ0) is 11.7. The zero-order valence-corrected chi connectivity index (χ0v) is 10.6. The summed E-state index contributed by atoms with van der Waals surface area (Å²) in [5, 5.41) is 4.16. The normalized spacial score (nSPS) is 16.8. The molecule has 0 unspecified atom stereocenters. The number of aromatic nitrogens is 2. The van der Waals surface area contributed by atoms with Gasteiger partial charge in [0.25, 0.3) is 0 Å². The van der Waals surface area contributed by atoms with Gasteiger partial charge in [-0.05, 0) is 25.3 Å². The molecule has 0 aliphatic heterocycles. The fourth-order valence-electron chi connectivity index (χ4n) is 2.16. The first-order valence-electron chi connectivity index (χ1n) is 5.99. The molecular formula is C13H15N3S. The molecular weight excluding hydrogens is 230 g/mol. The van der Waals surface area contributed by atoms with Crippen LogP contribution in [-0.4, -0.2) is 15.9 Å². The third-order valence-electron chi connectivity index (χ3n) is 3.26. The Labute approximate surface area is 105 Å². The van der Waals surface area contributed by atoms with E-state index in [0.29, 0.717) is 0 Å². The van der Waals surface area contributed by atoms with Gasteiger partial charge in [-0.3, -0.25) is 0 Å². The molecule has 0 atom stereocenters. The Bertz CT molecular complexity index is 502. The van der Waals surface area contributed by atoms with E-state index in [9.17, 15) is 0 Å². The van der Waals surface area contributed by atoms with Gasteiger partial charge in [-0.25, -0.2) is 4.98 Å². The highest BCUT2D eigenvalue weighted by atomic mass is 32.1. The number of anilines is 1. The molecule has 0 bridgehead atoms. The molecule has 0 radical (unpaired) electrons. The zero-order valence-electron chi connectivity index (χ0n) is 9.81. The first kappa shape index (κ1) is 10.7. The minimum Gasteiger partial charge on any atom is -0.361 e. The van der Waals surface area contributed by atoms with Crippen LogP contribution in [0.15, 0.2) is 30.3 Å². The van der Waals surface area contributed by atoms with Crippen molar-refractivity contribution in [2.75, 3.05) is 11.9 Å². The van der Waals surface area contributed by atoms with Crippen molar-refractivity contribution in [1.82, 2.24) is 9.36 Å². The summed E-state index contributed by atoms with van der Waals surface area (Å²) >= 11 is 1.46. The van der Waals surface area contributed by atoms with E-state index in [1.54, 1.807) is 0 Å². The highest BCUT2D eigenvalue weighted by Crippen LogP contribution is 2.52. The van der Waals surface area contributed by atoms with Gasteiger partial charge in [0.05, 0.1) is 5.41 Å². The molecule has 1 aliphatic rings. The number of rotatable bonds is 4. The fourth-order valence-corrected chi connectivity index (χ4v) is 2.89. The predicted octanol–water partition coefficient (Wildman–Crippen LogP) is 3.05. The lowest BCUT2D eigenvalue weighted by molar-refractivity contribution is 0.779. The Morgan fingerprint density at radius 3 is 2.71 bits per heavy atom. The van der Waals surface area contributed by atoms with Gasteiger partial charge in [-0.2, -0.15) is 4.37 Å². The second-order valence-corrected chi connectivity index (χ2v) is 5.15. The highest BCUT2D eigenvalue weighted by molar-refractivity contribution is 7.09. The van der Waals surface area contributed by atoms with Crippen molar-refractivity contribution in [2.24, 2.45) is 0 Å². The summed E-state index contributed by atoms with van der Waals surface area (Å²) in [5.41, 5.74) is 1.45. The Hall–Kier alpha value is -1.42. The van der Waals surface area contributed by atoms with E-state index < -0.39 is 0 Å². The molecule has 0 amide bonds. The second-order valence-electron chi connectivity index (χ2n) is 4.40. The van der Waals surface area contributed by atoms with Crippen LogP contribution in [0.4, 0.5) is 5.13 Å². The molecule has 0 spiro atoms. The maximum atomic E-state index is 4.61. The van der Waals surface area contributed by atoms with Crippen LogP contribution in [0.25, 0.3) is 0 Å². The Morgan fingerprint density at radius 2 is 2.06 bits per heavy atom. The molecule has 1 aromatic carbocycles. The van der Waals surface area contributed by atoms with Crippen LogP contribution in [0.3, 0.4) is 0 Å². The van der Waals surface area contributed by atoms with E-state index in [0.717, 1.165) is 17.5 Å². The topological polar surface area (TPSA) is 37.8 Å². The van der Waals surface area contributed by atoms with Gasteiger partial charge >= 0.3 is 0 Å². The number of nitrogens with zero attached hydrogens (tertiary/aromatic N) is 2. The summed E-state index contributed by atoms with van der Waals surface area (Å²) in [6.07, 6.45) is 2.33. The largest absolute Gasteiger partial charge is 0.361 e. The van der Waals surface area contributed by atoms with Crippen LogP contribution in [0, 0.1) is 0 Å². The number of nitrogens with one attached hydrogen (secondary N) is 1. The van der Waals surface area contributed by atoms with Crippen molar-refractivity contribution < 1.29 is 0 Å². The predicted molar refractivity (Wildman–Crippen MR) is 70.5 cm³/mol. The van der Waals surface area contributed by atoms with Crippen LogP contribution in [0.2, 0.25) is 0 Å². The Balaban J connectivity index is 1.92. The Morgan fingerprint density at radius 1 is 1.29 bits per heavy atom. The van der Waals surface area contributed by atoms with Crippen molar-refractivity contribution in [3.63, 3.8) is 0 Å². The quantitative estimate of drug-likeness (QED) is 0.899. The molecule has 3 nitrogen and oxygen atoms in total. The lowest BCUT2D eigenvalue weighted by Crippen LogP contribution is -2.10. The molecule has 2 aromatic rings. The molecule has 0 saturated heterocycles. The van der Waals surface area contributed by atoms with E-state index in [1.165, 1.54) is 29.9 Å². The van der Waals surface area contributed by atoms with Gasteiger partial charge < -0.3 is 5.32 Å². The minimum absolute atomic E-state index is 0.103. The summed E-state index contributed by atoms with van der Waals surface area (Å²) in [6.45, 7) is 2.97. The van der Waals surface area contributed by atoms with Crippen molar-refractivity contribution in [2.45, 2.75) is 25.2 Å². The van der Waals surface area contributed by atoms with Gasteiger partial charge in [0.1, 0.15) is 0 Å². The van der Waals surface area contributed by atoms with Gasteiger partial charge in [0.2, 0.25) is 5.13 Å². The standard InChI is InChI=1S/C13H15N3S/c1-2-14-12-15-11(16-17-12)13(8-9-13)10-6-4-3-5-7-10/h3-7H,2,8-9H2,1H3,(H,14,15,16). The van der Waals surface area contributed by atoms with E-state index in [1.807, 2.05) is 0 Å². The van der Waals surface area contributed by atoms with E-state index >= 15 is 0 Å². The van der Waals surface area contributed by atoms with Gasteiger partial charge in [-0.15, -0.1) is 0 Å². The summed E-state index contributed by atoms with van der Waals surface area (Å²) in [7, 11) is 0. The van der Waals surface area contributed by atoms with E-state index in [4.69, 9.17) is 0 Å². The van der Waals surface area contributed by atoms with E-state index in [-0.39, 0.29) is 5.41 Å². The lowest BCUT2D eigenvalue weighted by atomic mass is 9.95. The summed E-state index contributed by atoms with van der Waals surface area (Å²) in [4.78, 5) is 4.61. The van der Waals surface area contributed by atoms with Crippen molar-refractivity contribution in [1.29, 1.82) is 0 Å². The van der Waals surface area contributed by atoms with Gasteiger partial charge in [0.15, 0.2) is 5.82 Å². The molecule has 1 fully saturated rings. The highest BCUT2D eigenvalue weighted by Gasteiger charge is 2.49. The summed E-state index contributed by atoms with van der Waals surface area (Å²) < 4.78 is 4.51. The average Bonchev–Trinajstić information content (AvgIpc) is 3.06. The molecule has 1 aliphatic carbocycles. The fraction of sp³-hybridized carbons (Fsp3) is 0.385. The monoisotopic (exact) mass is 245 g/mol. The molecule has 1 heterocycles. The molecule has 88 valence electrons. The maximum Gasteiger partial charge on any atom is 0.202 e.